The van der Waals surface area contributed by atoms with Crippen molar-refractivity contribution in [1.82, 2.24) is 10.4 Å². The van der Waals surface area contributed by atoms with E-state index >= 15 is 0 Å². The van der Waals surface area contributed by atoms with E-state index in [9.17, 15) is 0 Å². The van der Waals surface area contributed by atoms with Gasteiger partial charge in [0.05, 0.1) is 0 Å². The molecule has 13 heavy (non-hydrogen) atoms. The van der Waals surface area contributed by atoms with E-state index in [4.69, 9.17) is 0 Å². The highest BCUT2D eigenvalue weighted by Gasteiger charge is 1.93. The molecule has 0 saturated heterocycles. The Kier molecular flexibility index (Phi) is 9.94. The van der Waals surface area contributed by atoms with Crippen molar-refractivity contribution in [2.24, 2.45) is 0 Å². The van der Waals surface area contributed by atoms with Gasteiger partial charge in [-0.05, 0) is 13.5 Å². The summed E-state index contributed by atoms with van der Waals surface area (Å²) in [5.41, 5.74) is 3.11. The molecule has 0 heterocycles. The molecule has 0 aliphatic rings. The molecule has 1 N–H and O–H groups in total. The summed E-state index contributed by atoms with van der Waals surface area (Å²) in [5, 5.41) is 2.14. The molecule has 80 valence electrons. The molecule has 0 bridgehead atoms. The van der Waals surface area contributed by atoms with Gasteiger partial charge in [0.2, 0.25) is 0 Å². The van der Waals surface area contributed by atoms with Gasteiger partial charge in [0.25, 0.3) is 0 Å². The van der Waals surface area contributed by atoms with Crippen LogP contribution < -0.4 is 5.43 Å². The van der Waals surface area contributed by atoms with Crippen molar-refractivity contribution in [3.05, 3.63) is 0 Å². The van der Waals surface area contributed by atoms with Crippen molar-refractivity contribution in [3.8, 4) is 0 Å². The molecule has 0 amide bonds. The van der Waals surface area contributed by atoms with Crippen LogP contribution in [0.1, 0.15) is 51.9 Å². The molecule has 0 aromatic rings. The first-order valence-corrected chi connectivity index (χ1v) is 5.69. The normalized spacial score (nSPS) is 11.1. The van der Waals surface area contributed by atoms with Crippen molar-refractivity contribution >= 4 is 0 Å². The van der Waals surface area contributed by atoms with Crippen LogP contribution in [0.15, 0.2) is 0 Å². The van der Waals surface area contributed by atoms with Gasteiger partial charge in [0.1, 0.15) is 0 Å². The zero-order valence-electron chi connectivity index (χ0n) is 9.60. The van der Waals surface area contributed by atoms with E-state index in [2.05, 4.69) is 24.4 Å². The number of hydrogen-bond donors (Lipinski definition) is 1. The fraction of sp³-hybridized carbons (Fsp3) is 1.00. The number of unbranched alkanes of at least 4 members (excludes halogenated alkanes) is 6. The van der Waals surface area contributed by atoms with E-state index in [0.29, 0.717) is 0 Å². The maximum absolute atomic E-state index is 3.11. The maximum Gasteiger partial charge on any atom is 0.0127 e. The Hall–Kier alpha value is -0.0800. The van der Waals surface area contributed by atoms with Gasteiger partial charge in [-0.1, -0.05) is 45.4 Å². The summed E-state index contributed by atoms with van der Waals surface area (Å²) >= 11 is 0. The topological polar surface area (TPSA) is 15.3 Å². The lowest BCUT2D eigenvalue weighted by Gasteiger charge is -2.13. The fourth-order valence-electron chi connectivity index (χ4n) is 1.42. The van der Waals surface area contributed by atoms with Crippen LogP contribution in [-0.4, -0.2) is 25.6 Å². The molecule has 2 nitrogen and oxygen atoms in total. The van der Waals surface area contributed by atoms with Gasteiger partial charge in [-0.2, -0.15) is 0 Å². The molecular formula is C11H26N2. The van der Waals surface area contributed by atoms with Crippen molar-refractivity contribution in [2.75, 3.05) is 20.6 Å². The molecule has 0 rings (SSSR count). The van der Waals surface area contributed by atoms with Gasteiger partial charge < -0.3 is 0 Å². The van der Waals surface area contributed by atoms with E-state index in [1.54, 1.807) is 0 Å². The highest BCUT2D eigenvalue weighted by atomic mass is 15.5. The second-order valence-corrected chi connectivity index (χ2v) is 3.77. The molecule has 0 aliphatic heterocycles. The zero-order valence-corrected chi connectivity index (χ0v) is 9.60. The Morgan fingerprint density at radius 1 is 0.923 bits per heavy atom. The van der Waals surface area contributed by atoms with Crippen molar-refractivity contribution < 1.29 is 0 Å². The minimum Gasteiger partial charge on any atom is -0.259 e. The zero-order chi connectivity index (χ0) is 9.94. The Labute approximate surface area is 83.7 Å². The molecule has 0 spiro atoms. The molecule has 0 radical (unpaired) electrons. The standard InChI is InChI=1S/C11H26N2/c1-4-5-6-7-8-9-10-11-13(3)12-2/h12H,4-11H2,1-3H3. The summed E-state index contributed by atoms with van der Waals surface area (Å²) in [4.78, 5) is 0. The minimum absolute atomic E-state index is 1.17. The monoisotopic (exact) mass is 186 g/mol. The predicted octanol–water partition coefficient (Wildman–Crippen LogP) is 2.80. The Morgan fingerprint density at radius 3 is 2.00 bits per heavy atom. The van der Waals surface area contributed by atoms with Gasteiger partial charge in [-0.15, -0.1) is 0 Å². The van der Waals surface area contributed by atoms with E-state index in [1.807, 2.05) is 7.05 Å². The first-order chi connectivity index (χ1) is 6.31. The first-order valence-electron chi connectivity index (χ1n) is 5.69. The molecule has 0 unspecified atom stereocenters. The number of hydrogen-bond acceptors (Lipinski definition) is 2. The van der Waals surface area contributed by atoms with Crippen LogP contribution in [-0.2, 0) is 0 Å². The third-order valence-corrected chi connectivity index (χ3v) is 2.48. The molecule has 0 atom stereocenters. The van der Waals surface area contributed by atoms with E-state index in [0.717, 1.165) is 0 Å². The molecular weight excluding hydrogens is 160 g/mol. The Morgan fingerprint density at radius 2 is 1.46 bits per heavy atom. The number of nitrogens with one attached hydrogen (secondary N) is 1. The van der Waals surface area contributed by atoms with Crippen LogP contribution in [0, 0.1) is 0 Å². The molecule has 2 heteroatoms. The largest absolute Gasteiger partial charge is 0.259 e. The minimum atomic E-state index is 1.17. The lowest BCUT2D eigenvalue weighted by Crippen LogP contribution is -2.31. The third-order valence-electron chi connectivity index (χ3n) is 2.48. The number of hydrazine groups is 1. The van der Waals surface area contributed by atoms with Crippen molar-refractivity contribution in [3.63, 3.8) is 0 Å². The first kappa shape index (κ1) is 12.9. The highest BCUT2D eigenvalue weighted by Crippen LogP contribution is 2.06. The van der Waals surface area contributed by atoms with Crippen LogP contribution in [0.25, 0.3) is 0 Å². The summed E-state index contributed by atoms with van der Waals surface area (Å²) in [5.74, 6) is 0. The van der Waals surface area contributed by atoms with Crippen LogP contribution in [0.5, 0.6) is 0 Å². The second kappa shape index (κ2) is 10.0. The fourth-order valence-corrected chi connectivity index (χ4v) is 1.42. The van der Waals surface area contributed by atoms with Gasteiger partial charge >= 0.3 is 0 Å². The molecule has 0 aromatic carbocycles. The van der Waals surface area contributed by atoms with Gasteiger partial charge in [-0.3, -0.25) is 5.43 Å². The van der Waals surface area contributed by atoms with Crippen molar-refractivity contribution in [2.45, 2.75) is 51.9 Å². The Balaban J connectivity index is 2.91. The van der Waals surface area contributed by atoms with Crippen LogP contribution in [0.4, 0.5) is 0 Å². The maximum atomic E-state index is 3.11. The lowest BCUT2D eigenvalue weighted by molar-refractivity contribution is 0.254. The SMILES string of the molecule is CCCCCCCCCN(C)NC. The van der Waals surface area contributed by atoms with Gasteiger partial charge in [-0.25, -0.2) is 5.01 Å². The smallest absolute Gasteiger partial charge is 0.0127 e. The predicted molar refractivity (Wildman–Crippen MR) is 59.7 cm³/mol. The molecule has 0 fully saturated rings. The van der Waals surface area contributed by atoms with Gasteiger partial charge in [0, 0.05) is 13.6 Å². The van der Waals surface area contributed by atoms with Crippen LogP contribution in [0.3, 0.4) is 0 Å². The van der Waals surface area contributed by atoms with E-state index < -0.39 is 0 Å². The Bertz CT molecular complexity index is 94.1. The molecule has 0 saturated carbocycles. The van der Waals surface area contributed by atoms with E-state index in [-0.39, 0.29) is 0 Å². The summed E-state index contributed by atoms with van der Waals surface area (Å²) in [6, 6.07) is 0. The number of nitrogens with zero attached hydrogens (tertiary/aromatic N) is 1. The van der Waals surface area contributed by atoms with Crippen LogP contribution >= 0.6 is 0 Å². The van der Waals surface area contributed by atoms with Crippen molar-refractivity contribution in [1.29, 1.82) is 0 Å². The summed E-state index contributed by atoms with van der Waals surface area (Å²) in [7, 11) is 4.07. The molecule has 0 aliphatic carbocycles. The number of rotatable bonds is 9. The quantitative estimate of drug-likeness (QED) is 0.440. The lowest BCUT2D eigenvalue weighted by atomic mass is 10.1. The summed E-state index contributed by atoms with van der Waals surface area (Å²) < 4.78 is 0. The average molecular weight is 186 g/mol. The van der Waals surface area contributed by atoms with Gasteiger partial charge in [0.15, 0.2) is 0 Å². The highest BCUT2D eigenvalue weighted by molar-refractivity contribution is 4.47. The molecule has 0 aromatic heterocycles. The van der Waals surface area contributed by atoms with Crippen LogP contribution in [0.2, 0.25) is 0 Å². The third kappa shape index (κ3) is 9.84. The summed E-state index contributed by atoms with van der Waals surface area (Å²) in [6.07, 6.45) is 9.74. The average Bonchev–Trinajstić information content (AvgIpc) is 2.16. The second-order valence-electron chi connectivity index (χ2n) is 3.77. The summed E-state index contributed by atoms with van der Waals surface area (Å²) in [6.45, 7) is 3.44. The van der Waals surface area contributed by atoms with E-state index in [1.165, 1.54) is 51.5 Å².